The van der Waals surface area contributed by atoms with Gasteiger partial charge in [-0.25, -0.2) is 4.98 Å². The molecule has 7 heteroatoms. The summed E-state index contributed by atoms with van der Waals surface area (Å²) in [6.45, 7) is 6.13. The summed E-state index contributed by atoms with van der Waals surface area (Å²) in [5.41, 5.74) is 2.40. The summed E-state index contributed by atoms with van der Waals surface area (Å²) in [6.07, 6.45) is 0. The Kier molecular flexibility index (Phi) is 6.18. The van der Waals surface area contributed by atoms with Gasteiger partial charge in [0.15, 0.2) is 11.5 Å². The van der Waals surface area contributed by atoms with Crippen LogP contribution in [-0.4, -0.2) is 29.4 Å². The number of para-hydroxylation sites is 1. The van der Waals surface area contributed by atoms with Crippen LogP contribution in [0, 0.1) is 0 Å². The predicted octanol–water partition coefficient (Wildman–Crippen LogP) is 4.41. The summed E-state index contributed by atoms with van der Waals surface area (Å²) >= 11 is 0. The SMILES string of the molecule is CCOc1ccc(-n2c(CN[C@H](C)c3ccc4c(c3)OCCO4)nc3ccccc3c2=O)cc1. The molecule has 5 rings (SSSR count). The molecular weight excluding hydrogens is 430 g/mol. The molecule has 0 saturated heterocycles. The van der Waals surface area contributed by atoms with Crippen molar-refractivity contribution in [2.75, 3.05) is 19.8 Å². The van der Waals surface area contributed by atoms with E-state index in [1.165, 1.54) is 0 Å². The van der Waals surface area contributed by atoms with E-state index in [9.17, 15) is 4.79 Å². The van der Waals surface area contributed by atoms with Gasteiger partial charge in [-0.2, -0.15) is 0 Å². The first-order valence-electron chi connectivity index (χ1n) is 11.5. The maximum Gasteiger partial charge on any atom is 0.266 e. The number of aromatic nitrogens is 2. The van der Waals surface area contributed by atoms with E-state index >= 15 is 0 Å². The molecule has 0 spiro atoms. The standard InChI is InChI=1S/C27H27N3O4/c1-3-32-21-11-9-20(10-12-21)30-26(29-23-7-5-4-6-22(23)27(30)31)17-28-18(2)19-8-13-24-25(16-19)34-15-14-33-24/h4-13,16,18,28H,3,14-15,17H2,1-2H3/t18-/m1/s1. The third-order valence-corrected chi connectivity index (χ3v) is 5.88. The summed E-state index contributed by atoms with van der Waals surface area (Å²) in [7, 11) is 0. The van der Waals surface area contributed by atoms with E-state index in [4.69, 9.17) is 19.2 Å². The lowest BCUT2D eigenvalue weighted by atomic mass is 10.1. The van der Waals surface area contributed by atoms with Crippen LogP contribution in [0.5, 0.6) is 17.2 Å². The molecule has 0 radical (unpaired) electrons. The predicted molar refractivity (Wildman–Crippen MR) is 131 cm³/mol. The van der Waals surface area contributed by atoms with Crippen LogP contribution in [0.4, 0.5) is 0 Å². The normalized spacial score (nSPS) is 13.6. The first-order chi connectivity index (χ1) is 16.6. The van der Waals surface area contributed by atoms with Gasteiger partial charge in [-0.05, 0) is 67.9 Å². The molecule has 1 N–H and O–H groups in total. The second-order valence-electron chi connectivity index (χ2n) is 8.12. The van der Waals surface area contributed by atoms with Crippen LogP contribution in [0.25, 0.3) is 16.6 Å². The molecule has 0 bridgehead atoms. The minimum Gasteiger partial charge on any atom is -0.494 e. The minimum atomic E-state index is -0.0986. The van der Waals surface area contributed by atoms with Gasteiger partial charge in [0.25, 0.3) is 5.56 Å². The van der Waals surface area contributed by atoms with Crippen LogP contribution < -0.4 is 25.1 Å². The van der Waals surface area contributed by atoms with Crippen LogP contribution in [0.3, 0.4) is 0 Å². The highest BCUT2D eigenvalue weighted by atomic mass is 16.6. The van der Waals surface area contributed by atoms with Crippen LogP contribution >= 0.6 is 0 Å². The monoisotopic (exact) mass is 457 g/mol. The second-order valence-corrected chi connectivity index (χ2v) is 8.12. The Bertz CT molecular complexity index is 1360. The quantitative estimate of drug-likeness (QED) is 0.443. The fourth-order valence-electron chi connectivity index (χ4n) is 4.11. The highest BCUT2D eigenvalue weighted by Gasteiger charge is 2.17. The third kappa shape index (κ3) is 4.34. The Morgan fingerprint density at radius 2 is 1.79 bits per heavy atom. The first kappa shape index (κ1) is 22.0. The Morgan fingerprint density at radius 3 is 2.59 bits per heavy atom. The highest BCUT2D eigenvalue weighted by molar-refractivity contribution is 5.77. The van der Waals surface area contributed by atoms with Gasteiger partial charge in [0.05, 0.1) is 29.7 Å². The van der Waals surface area contributed by atoms with Gasteiger partial charge in [0, 0.05) is 6.04 Å². The zero-order valence-electron chi connectivity index (χ0n) is 19.3. The van der Waals surface area contributed by atoms with Crippen molar-refractivity contribution in [3.05, 3.63) is 88.5 Å². The summed E-state index contributed by atoms with van der Waals surface area (Å²) in [6, 6.07) is 20.9. The van der Waals surface area contributed by atoms with Gasteiger partial charge in [-0.1, -0.05) is 18.2 Å². The first-order valence-corrected chi connectivity index (χ1v) is 11.5. The highest BCUT2D eigenvalue weighted by Crippen LogP contribution is 2.32. The van der Waals surface area contributed by atoms with Crippen molar-refractivity contribution in [1.82, 2.24) is 14.9 Å². The number of benzene rings is 3. The lowest BCUT2D eigenvalue weighted by Gasteiger charge is -2.21. The van der Waals surface area contributed by atoms with Crippen molar-refractivity contribution in [2.24, 2.45) is 0 Å². The number of nitrogens with zero attached hydrogens (tertiary/aromatic N) is 2. The lowest BCUT2D eigenvalue weighted by molar-refractivity contribution is 0.171. The average molecular weight is 458 g/mol. The molecular formula is C27H27N3O4. The van der Waals surface area contributed by atoms with E-state index in [2.05, 4.69) is 12.2 Å². The molecule has 174 valence electrons. The minimum absolute atomic E-state index is 0.00739. The average Bonchev–Trinajstić information content (AvgIpc) is 2.88. The summed E-state index contributed by atoms with van der Waals surface area (Å²) in [4.78, 5) is 18.3. The second kappa shape index (κ2) is 9.57. The van der Waals surface area contributed by atoms with Crippen molar-refractivity contribution in [1.29, 1.82) is 0 Å². The van der Waals surface area contributed by atoms with Gasteiger partial charge in [-0.15, -0.1) is 0 Å². The largest absolute Gasteiger partial charge is 0.494 e. The summed E-state index contributed by atoms with van der Waals surface area (Å²) in [5.74, 6) is 2.92. The van der Waals surface area contributed by atoms with Crippen LogP contribution in [0.1, 0.15) is 31.3 Å². The van der Waals surface area contributed by atoms with Crippen LogP contribution in [0.2, 0.25) is 0 Å². The molecule has 1 aliphatic rings. The molecule has 0 fully saturated rings. The molecule has 7 nitrogen and oxygen atoms in total. The maximum atomic E-state index is 13.5. The van der Waals surface area contributed by atoms with E-state index in [0.717, 1.165) is 28.5 Å². The van der Waals surface area contributed by atoms with Crippen molar-refractivity contribution < 1.29 is 14.2 Å². The molecule has 1 aromatic heterocycles. The van der Waals surface area contributed by atoms with E-state index in [-0.39, 0.29) is 11.6 Å². The Labute approximate surface area is 197 Å². The molecule has 34 heavy (non-hydrogen) atoms. The topological polar surface area (TPSA) is 74.6 Å². The fraction of sp³-hybridized carbons (Fsp3) is 0.259. The fourth-order valence-corrected chi connectivity index (χ4v) is 4.11. The molecule has 0 amide bonds. The Morgan fingerprint density at radius 1 is 1.03 bits per heavy atom. The molecule has 2 heterocycles. The summed E-state index contributed by atoms with van der Waals surface area (Å²) in [5, 5.41) is 4.10. The number of rotatable bonds is 7. The molecule has 1 atom stereocenters. The van der Waals surface area contributed by atoms with E-state index in [1.54, 1.807) is 4.57 Å². The Balaban J connectivity index is 1.47. The van der Waals surface area contributed by atoms with Gasteiger partial charge in [-0.3, -0.25) is 9.36 Å². The number of nitrogens with one attached hydrogen (secondary N) is 1. The number of fused-ring (bicyclic) bond motifs is 2. The van der Waals surface area contributed by atoms with Crippen molar-refractivity contribution in [3.63, 3.8) is 0 Å². The number of hydrogen-bond acceptors (Lipinski definition) is 6. The van der Waals surface area contributed by atoms with Crippen LogP contribution in [0.15, 0.2) is 71.5 Å². The smallest absolute Gasteiger partial charge is 0.266 e. The molecule has 4 aromatic rings. The van der Waals surface area contributed by atoms with Gasteiger partial charge >= 0.3 is 0 Å². The van der Waals surface area contributed by atoms with E-state index < -0.39 is 0 Å². The third-order valence-electron chi connectivity index (χ3n) is 5.88. The summed E-state index contributed by atoms with van der Waals surface area (Å²) < 4.78 is 18.6. The Hall–Kier alpha value is -3.84. The zero-order chi connectivity index (χ0) is 23.5. The van der Waals surface area contributed by atoms with E-state index in [0.29, 0.717) is 43.1 Å². The van der Waals surface area contributed by atoms with Gasteiger partial charge < -0.3 is 19.5 Å². The number of hydrogen-bond donors (Lipinski definition) is 1. The number of ether oxygens (including phenoxy) is 3. The molecule has 1 aliphatic heterocycles. The maximum absolute atomic E-state index is 13.5. The van der Waals surface area contributed by atoms with Crippen molar-refractivity contribution >= 4 is 10.9 Å². The molecule has 0 unspecified atom stereocenters. The van der Waals surface area contributed by atoms with Crippen LogP contribution in [-0.2, 0) is 6.54 Å². The van der Waals surface area contributed by atoms with Gasteiger partial charge in [0.1, 0.15) is 24.8 Å². The van der Waals surface area contributed by atoms with E-state index in [1.807, 2.05) is 73.7 Å². The molecule has 0 aliphatic carbocycles. The zero-order valence-corrected chi connectivity index (χ0v) is 19.3. The van der Waals surface area contributed by atoms with Crippen molar-refractivity contribution in [2.45, 2.75) is 26.4 Å². The lowest BCUT2D eigenvalue weighted by Crippen LogP contribution is -2.28. The van der Waals surface area contributed by atoms with Gasteiger partial charge in [0.2, 0.25) is 0 Å². The molecule has 3 aromatic carbocycles. The van der Waals surface area contributed by atoms with Crippen molar-refractivity contribution in [3.8, 4) is 22.9 Å². The molecule has 0 saturated carbocycles.